The molecule has 0 fully saturated rings. The lowest BCUT2D eigenvalue weighted by Gasteiger charge is -2.08. The number of carbonyl (C=O) groups excluding carboxylic acids is 1. The normalized spacial score (nSPS) is 10.2. The molecule has 3 nitrogen and oxygen atoms in total. The first-order chi connectivity index (χ1) is 9.15. The third-order valence-electron chi connectivity index (χ3n) is 2.57. The maximum absolute atomic E-state index is 11.0. The van der Waals surface area contributed by atoms with E-state index in [-0.39, 0.29) is 5.91 Å². The van der Waals surface area contributed by atoms with E-state index in [0.29, 0.717) is 5.82 Å². The summed E-state index contributed by atoms with van der Waals surface area (Å²) in [6.07, 6.45) is 0. The second-order valence-corrected chi connectivity index (χ2v) is 5.24. The zero-order chi connectivity index (χ0) is 13.7. The number of nitrogens with one attached hydrogen (secondary N) is 1. The molecular formula is C15H16N2OS. The largest absolute Gasteiger partial charge is 0.311 e. The van der Waals surface area contributed by atoms with E-state index in [2.05, 4.69) is 22.4 Å². The van der Waals surface area contributed by atoms with Gasteiger partial charge in [-0.25, -0.2) is 4.98 Å². The molecule has 0 aliphatic carbocycles. The fourth-order valence-electron chi connectivity index (χ4n) is 1.63. The van der Waals surface area contributed by atoms with Gasteiger partial charge in [-0.2, -0.15) is 0 Å². The number of hydrogen-bond donors (Lipinski definition) is 1. The van der Waals surface area contributed by atoms with E-state index >= 15 is 0 Å². The molecule has 2 rings (SSSR count). The van der Waals surface area contributed by atoms with Gasteiger partial charge < -0.3 is 5.32 Å². The minimum atomic E-state index is -0.102. The molecule has 0 saturated carbocycles. The number of carbonyl (C=O) groups is 1. The Morgan fingerprint density at radius 1 is 1.21 bits per heavy atom. The van der Waals surface area contributed by atoms with Gasteiger partial charge >= 0.3 is 0 Å². The molecule has 0 atom stereocenters. The maximum atomic E-state index is 11.0. The molecule has 1 N–H and O–H groups in total. The van der Waals surface area contributed by atoms with Crippen molar-refractivity contribution >= 4 is 23.5 Å². The molecular weight excluding hydrogens is 256 g/mol. The van der Waals surface area contributed by atoms with Crippen LogP contribution >= 0.6 is 11.8 Å². The van der Waals surface area contributed by atoms with Crippen LogP contribution in [-0.2, 0) is 10.5 Å². The van der Waals surface area contributed by atoms with Crippen molar-refractivity contribution in [1.29, 1.82) is 0 Å². The fraction of sp³-hybridized carbons (Fsp3) is 0.200. The first kappa shape index (κ1) is 13.6. The number of aryl methyl sites for hydroxylation is 1. The van der Waals surface area contributed by atoms with E-state index in [1.54, 1.807) is 11.8 Å². The zero-order valence-corrected chi connectivity index (χ0v) is 11.8. The van der Waals surface area contributed by atoms with Gasteiger partial charge in [0.1, 0.15) is 10.8 Å². The van der Waals surface area contributed by atoms with Gasteiger partial charge in [-0.05, 0) is 24.1 Å². The Hall–Kier alpha value is -1.81. The number of anilines is 1. The van der Waals surface area contributed by atoms with Crippen LogP contribution in [0.3, 0.4) is 0 Å². The molecule has 98 valence electrons. The lowest BCUT2D eigenvalue weighted by atomic mass is 10.2. The molecule has 1 aromatic carbocycles. The number of thioether (sulfide) groups is 1. The summed E-state index contributed by atoms with van der Waals surface area (Å²) in [5.74, 6) is 1.38. The third-order valence-corrected chi connectivity index (χ3v) is 3.74. The third kappa shape index (κ3) is 4.10. The van der Waals surface area contributed by atoms with Crippen LogP contribution in [0.1, 0.15) is 18.1 Å². The van der Waals surface area contributed by atoms with Gasteiger partial charge in [-0.1, -0.05) is 36.4 Å². The lowest BCUT2D eigenvalue weighted by molar-refractivity contribution is -0.114. The molecule has 0 aliphatic rings. The van der Waals surface area contributed by atoms with E-state index in [9.17, 15) is 4.79 Å². The standard InChI is InChI=1S/C15H16N2OS/c1-11-8-9-14(16-12(2)18)17-15(11)19-10-13-6-4-3-5-7-13/h3-9H,10H2,1-2H3,(H,16,17,18). The zero-order valence-electron chi connectivity index (χ0n) is 11.0. The van der Waals surface area contributed by atoms with Crippen molar-refractivity contribution in [2.45, 2.75) is 24.6 Å². The summed E-state index contributed by atoms with van der Waals surface area (Å²) in [5.41, 5.74) is 2.38. The molecule has 0 bridgehead atoms. The van der Waals surface area contributed by atoms with Crippen LogP contribution in [0.15, 0.2) is 47.5 Å². The second kappa shape index (κ2) is 6.38. The van der Waals surface area contributed by atoms with Crippen LogP contribution in [0.4, 0.5) is 5.82 Å². The fourth-order valence-corrected chi connectivity index (χ4v) is 2.59. The van der Waals surface area contributed by atoms with Crippen molar-refractivity contribution in [3.63, 3.8) is 0 Å². The molecule has 1 heterocycles. The maximum Gasteiger partial charge on any atom is 0.222 e. The highest BCUT2D eigenvalue weighted by Gasteiger charge is 2.05. The highest BCUT2D eigenvalue weighted by Crippen LogP contribution is 2.25. The second-order valence-electron chi connectivity index (χ2n) is 4.27. The number of pyridine rings is 1. The van der Waals surface area contributed by atoms with Crippen LogP contribution in [-0.4, -0.2) is 10.9 Å². The SMILES string of the molecule is CC(=O)Nc1ccc(C)c(SCc2ccccc2)n1. The average molecular weight is 272 g/mol. The number of nitrogens with zero attached hydrogens (tertiary/aromatic N) is 1. The molecule has 1 amide bonds. The van der Waals surface area contributed by atoms with Crippen molar-refractivity contribution < 1.29 is 4.79 Å². The number of benzene rings is 1. The molecule has 1 aromatic heterocycles. The Morgan fingerprint density at radius 2 is 1.95 bits per heavy atom. The van der Waals surface area contributed by atoms with Crippen LogP contribution in [0.25, 0.3) is 0 Å². The summed E-state index contributed by atoms with van der Waals surface area (Å²) in [6.45, 7) is 3.51. The highest BCUT2D eigenvalue weighted by molar-refractivity contribution is 7.98. The minimum absolute atomic E-state index is 0.102. The van der Waals surface area contributed by atoms with E-state index in [0.717, 1.165) is 16.3 Å². The molecule has 0 unspecified atom stereocenters. The topological polar surface area (TPSA) is 42.0 Å². The monoisotopic (exact) mass is 272 g/mol. The Morgan fingerprint density at radius 3 is 2.63 bits per heavy atom. The van der Waals surface area contributed by atoms with Crippen LogP contribution in [0, 0.1) is 6.92 Å². The van der Waals surface area contributed by atoms with Crippen molar-refractivity contribution in [1.82, 2.24) is 4.98 Å². The quantitative estimate of drug-likeness (QED) is 0.864. The number of hydrogen-bond acceptors (Lipinski definition) is 3. The van der Waals surface area contributed by atoms with Crippen molar-refractivity contribution in [2.24, 2.45) is 0 Å². The van der Waals surface area contributed by atoms with Gasteiger partial charge in [-0.15, -0.1) is 11.8 Å². The van der Waals surface area contributed by atoms with Gasteiger partial charge in [0, 0.05) is 12.7 Å². The van der Waals surface area contributed by atoms with Crippen molar-refractivity contribution in [3.05, 3.63) is 53.6 Å². The Bertz CT molecular complexity index is 570. The summed E-state index contributed by atoms with van der Waals surface area (Å²) in [5, 5.41) is 3.66. The molecule has 0 radical (unpaired) electrons. The predicted molar refractivity (Wildman–Crippen MR) is 79.3 cm³/mol. The van der Waals surface area contributed by atoms with Gasteiger partial charge in [0.25, 0.3) is 0 Å². The van der Waals surface area contributed by atoms with Gasteiger partial charge in [0.05, 0.1) is 0 Å². The summed E-state index contributed by atoms with van der Waals surface area (Å²) in [6, 6.07) is 14.1. The van der Waals surface area contributed by atoms with Gasteiger partial charge in [0.15, 0.2) is 0 Å². The molecule has 19 heavy (non-hydrogen) atoms. The highest BCUT2D eigenvalue weighted by atomic mass is 32.2. The van der Waals surface area contributed by atoms with Crippen molar-refractivity contribution in [2.75, 3.05) is 5.32 Å². The van der Waals surface area contributed by atoms with Crippen LogP contribution < -0.4 is 5.32 Å². The number of amides is 1. The van der Waals surface area contributed by atoms with Crippen LogP contribution in [0.5, 0.6) is 0 Å². The van der Waals surface area contributed by atoms with E-state index in [1.165, 1.54) is 12.5 Å². The molecule has 0 saturated heterocycles. The lowest BCUT2D eigenvalue weighted by Crippen LogP contribution is -2.07. The van der Waals surface area contributed by atoms with E-state index in [1.807, 2.05) is 37.3 Å². The summed E-state index contributed by atoms with van der Waals surface area (Å²) in [7, 11) is 0. The van der Waals surface area contributed by atoms with Crippen LogP contribution in [0.2, 0.25) is 0 Å². The first-order valence-corrected chi connectivity index (χ1v) is 7.05. The summed E-state index contributed by atoms with van der Waals surface area (Å²) < 4.78 is 0. The number of aromatic nitrogens is 1. The molecule has 0 aliphatic heterocycles. The minimum Gasteiger partial charge on any atom is -0.311 e. The smallest absolute Gasteiger partial charge is 0.222 e. The van der Waals surface area contributed by atoms with Gasteiger partial charge in [0.2, 0.25) is 5.91 Å². The Kier molecular flexibility index (Phi) is 4.58. The molecule has 0 spiro atoms. The van der Waals surface area contributed by atoms with E-state index < -0.39 is 0 Å². The Balaban J connectivity index is 2.08. The first-order valence-electron chi connectivity index (χ1n) is 6.07. The van der Waals surface area contributed by atoms with E-state index in [4.69, 9.17) is 0 Å². The Labute approximate surface area is 117 Å². The average Bonchev–Trinajstić information content (AvgIpc) is 2.40. The summed E-state index contributed by atoms with van der Waals surface area (Å²) in [4.78, 5) is 15.5. The number of rotatable bonds is 4. The van der Waals surface area contributed by atoms with Gasteiger partial charge in [-0.3, -0.25) is 4.79 Å². The summed E-state index contributed by atoms with van der Waals surface area (Å²) >= 11 is 1.68. The predicted octanol–water partition coefficient (Wildman–Crippen LogP) is 3.64. The van der Waals surface area contributed by atoms with Crippen molar-refractivity contribution in [3.8, 4) is 0 Å². The molecule has 4 heteroatoms. The molecule has 2 aromatic rings.